The van der Waals surface area contributed by atoms with Crippen molar-refractivity contribution in [1.82, 2.24) is 19.4 Å². The zero-order valence-electron chi connectivity index (χ0n) is 18.3. The third kappa shape index (κ3) is 5.10. The third-order valence-electron chi connectivity index (χ3n) is 5.57. The predicted octanol–water partition coefficient (Wildman–Crippen LogP) is 1.41. The number of rotatable bonds is 8. The molecule has 3 heterocycles. The lowest BCUT2D eigenvalue weighted by atomic mass is 10.1. The molecule has 1 aliphatic rings. The van der Waals surface area contributed by atoms with Crippen LogP contribution in [0, 0.1) is 23.2 Å². The quantitative estimate of drug-likeness (QED) is 0.706. The maximum atomic E-state index is 11.8. The number of nitriles is 1. The Morgan fingerprint density at radius 1 is 1.20 bits per heavy atom. The van der Waals surface area contributed by atoms with E-state index in [1.165, 1.54) is 0 Å². The molecule has 2 N–H and O–H groups in total. The van der Waals surface area contributed by atoms with E-state index in [9.17, 15) is 10.1 Å². The van der Waals surface area contributed by atoms with Crippen molar-refractivity contribution >= 4 is 17.1 Å². The molecule has 8 heteroatoms. The standard InChI is InChI=1S/C22H33N7O/c1-17(2)14-28(20-5-4-19(12-23)29-21(20)6-7-25-29)16-18(3)15-26-8-10-27(11-9-26)22(30)13-24/h4-7,17-18H,8-11,13-16,24H2,1-3H3/t18-/m0/s1. The molecular formula is C22H33N7O. The van der Waals surface area contributed by atoms with E-state index >= 15 is 0 Å². The van der Waals surface area contributed by atoms with Crippen molar-refractivity contribution < 1.29 is 4.79 Å². The van der Waals surface area contributed by atoms with E-state index in [-0.39, 0.29) is 12.5 Å². The average molecular weight is 412 g/mol. The molecule has 0 radical (unpaired) electrons. The van der Waals surface area contributed by atoms with Crippen molar-refractivity contribution in [3.8, 4) is 6.07 Å². The van der Waals surface area contributed by atoms with Crippen LogP contribution in [0.25, 0.3) is 5.52 Å². The van der Waals surface area contributed by atoms with Crippen LogP contribution in [0.2, 0.25) is 0 Å². The van der Waals surface area contributed by atoms with Gasteiger partial charge in [0.25, 0.3) is 0 Å². The van der Waals surface area contributed by atoms with Gasteiger partial charge in [0, 0.05) is 45.8 Å². The maximum absolute atomic E-state index is 11.8. The van der Waals surface area contributed by atoms with E-state index in [1.807, 2.05) is 23.1 Å². The fourth-order valence-electron chi connectivity index (χ4n) is 4.25. The van der Waals surface area contributed by atoms with E-state index in [0.29, 0.717) is 17.5 Å². The predicted molar refractivity (Wildman–Crippen MR) is 118 cm³/mol. The van der Waals surface area contributed by atoms with Crippen LogP contribution in [0.15, 0.2) is 24.4 Å². The fraction of sp³-hybridized carbons (Fsp3) is 0.591. The molecule has 0 saturated carbocycles. The molecule has 0 spiro atoms. The van der Waals surface area contributed by atoms with Crippen molar-refractivity contribution in [2.24, 2.45) is 17.6 Å². The molecule has 30 heavy (non-hydrogen) atoms. The lowest BCUT2D eigenvalue weighted by Crippen LogP contribution is -2.51. The molecule has 8 nitrogen and oxygen atoms in total. The highest BCUT2D eigenvalue weighted by Crippen LogP contribution is 2.25. The van der Waals surface area contributed by atoms with Crippen molar-refractivity contribution in [1.29, 1.82) is 5.26 Å². The van der Waals surface area contributed by atoms with Crippen LogP contribution in [0.5, 0.6) is 0 Å². The van der Waals surface area contributed by atoms with Crippen molar-refractivity contribution in [3.63, 3.8) is 0 Å². The molecule has 0 aliphatic carbocycles. The summed E-state index contributed by atoms with van der Waals surface area (Å²) in [6.45, 7) is 13.0. The van der Waals surface area contributed by atoms with E-state index < -0.39 is 0 Å². The highest BCUT2D eigenvalue weighted by atomic mass is 16.2. The van der Waals surface area contributed by atoms with Gasteiger partial charge in [-0.3, -0.25) is 9.69 Å². The molecule has 0 unspecified atom stereocenters. The maximum Gasteiger partial charge on any atom is 0.236 e. The molecule has 2 aromatic rings. The Hall–Kier alpha value is -2.63. The van der Waals surface area contributed by atoms with Crippen LogP contribution in [0.3, 0.4) is 0 Å². The van der Waals surface area contributed by atoms with Gasteiger partial charge in [0.1, 0.15) is 11.8 Å². The van der Waals surface area contributed by atoms with Gasteiger partial charge in [0.2, 0.25) is 5.91 Å². The summed E-state index contributed by atoms with van der Waals surface area (Å²) < 4.78 is 1.72. The molecule has 1 atom stereocenters. The first-order valence-electron chi connectivity index (χ1n) is 10.7. The zero-order valence-corrected chi connectivity index (χ0v) is 18.3. The van der Waals surface area contributed by atoms with Crippen LogP contribution in [-0.2, 0) is 4.79 Å². The summed E-state index contributed by atoms with van der Waals surface area (Å²) in [5, 5.41) is 13.7. The third-order valence-corrected chi connectivity index (χ3v) is 5.57. The highest BCUT2D eigenvalue weighted by molar-refractivity contribution is 5.78. The first kappa shape index (κ1) is 22.1. The molecule has 1 amide bonds. The Balaban J connectivity index is 1.68. The zero-order chi connectivity index (χ0) is 21.7. The largest absolute Gasteiger partial charge is 0.369 e. The Morgan fingerprint density at radius 3 is 2.57 bits per heavy atom. The van der Waals surface area contributed by atoms with Crippen LogP contribution in [0.1, 0.15) is 26.5 Å². The minimum Gasteiger partial charge on any atom is -0.369 e. The summed E-state index contributed by atoms with van der Waals surface area (Å²) in [7, 11) is 0. The van der Waals surface area contributed by atoms with E-state index in [0.717, 1.165) is 57.0 Å². The number of amides is 1. The van der Waals surface area contributed by atoms with E-state index in [4.69, 9.17) is 5.73 Å². The number of piperazine rings is 1. The number of carbonyl (C=O) groups excluding carboxylic acids is 1. The number of nitrogens with two attached hydrogens (primary N) is 1. The second-order valence-electron chi connectivity index (χ2n) is 8.63. The molecule has 0 aromatic carbocycles. The Kier molecular flexibility index (Phi) is 7.29. The molecule has 1 aliphatic heterocycles. The second-order valence-corrected chi connectivity index (χ2v) is 8.63. The number of fused-ring (bicyclic) bond motifs is 1. The van der Waals surface area contributed by atoms with Crippen molar-refractivity contribution in [2.75, 3.05) is 57.3 Å². The molecule has 162 valence electrons. The summed E-state index contributed by atoms with van der Waals surface area (Å²) >= 11 is 0. The fourth-order valence-corrected chi connectivity index (χ4v) is 4.25. The summed E-state index contributed by atoms with van der Waals surface area (Å²) in [4.78, 5) is 18.5. The number of hydrogen-bond acceptors (Lipinski definition) is 6. The summed E-state index contributed by atoms with van der Waals surface area (Å²) in [5.41, 5.74) is 8.11. The number of anilines is 1. The average Bonchev–Trinajstić information content (AvgIpc) is 3.22. The summed E-state index contributed by atoms with van der Waals surface area (Å²) in [6, 6.07) is 8.08. The Bertz CT molecular complexity index is 893. The topological polar surface area (TPSA) is 93.9 Å². The van der Waals surface area contributed by atoms with Crippen molar-refractivity contribution in [3.05, 3.63) is 30.1 Å². The lowest BCUT2D eigenvalue weighted by molar-refractivity contribution is -0.131. The SMILES string of the molecule is CC(C)CN(C[C@@H](C)CN1CCN(C(=O)CN)CC1)c1ccc(C#N)n2nccc12. The molecule has 0 bridgehead atoms. The number of nitrogens with zero attached hydrogens (tertiary/aromatic N) is 6. The van der Waals surface area contributed by atoms with Gasteiger partial charge in [-0.25, -0.2) is 4.52 Å². The smallest absolute Gasteiger partial charge is 0.236 e. The Labute approximate surface area is 178 Å². The second kappa shape index (κ2) is 9.92. The Morgan fingerprint density at radius 2 is 1.93 bits per heavy atom. The molecule has 2 aromatic heterocycles. The highest BCUT2D eigenvalue weighted by Gasteiger charge is 2.23. The van der Waals surface area contributed by atoms with Gasteiger partial charge >= 0.3 is 0 Å². The summed E-state index contributed by atoms with van der Waals surface area (Å²) in [5.74, 6) is 1.01. The molecule has 3 rings (SSSR count). The first-order chi connectivity index (χ1) is 14.4. The number of aromatic nitrogens is 2. The van der Waals surface area contributed by atoms with E-state index in [1.54, 1.807) is 10.7 Å². The van der Waals surface area contributed by atoms with Gasteiger partial charge in [-0.1, -0.05) is 20.8 Å². The first-order valence-corrected chi connectivity index (χ1v) is 10.7. The number of pyridine rings is 1. The van der Waals surface area contributed by atoms with Crippen molar-refractivity contribution in [2.45, 2.75) is 20.8 Å². The molecule has 1 fully saturated rings. The molecular weight excluding hydrogens is 378 g/mol. The minimum absolute atomic E-state index is 0.0384. The van der Waals surface area contributed by atoms with Crippen LogP contribution < -0.4 is 10.6 Å². The minimum atomic E-state index is 0.0384. The van der Waals surface area contributed by atoms with Crippen LogP contribution >= 0.6 is 0 Å². The van der Waals surface area contributed by atoms with Gasteiger partial charge in [-0.2, -0.15) is 10.4 Å². The normalized spacial score (nSPS) is 16.1. The van der Waals surface area contributed by atoms with Gasteiger partial charge < -0.3 is 15.5 Å². The van der Waals surface area contributed by atoms with Gasteiger partial charge in [-0.15, -0.1) is 0 Å². The van der Waals surface area contributed by atoms with Gasteiger partial charge in [0.05, 0.1) is 23.9 Å². The lowest BCUT2D eigenvalue weighted by Gasteiger charge is -2.37. The summed E-state index contributed by atoms with van der Waals surface area (Å²) in [6.07, 6.45) is 1.75. The number of hydrogen-bond donors (Lipinski definition) is 1. The van der Waals surface area contributed by atoms with Crippen LogP contribution in [-0.4, -0.2) is 77.7 Å². The van der Waals surface area contributed by atoms with Crippen LogP contribution in [0.4, 0.5) is 5.69 Å². The number of carbonyl (C=O) groups is 1. The molecule has 1 saturated heterocycles. The van der Waals surface area contributed by atoms with Gasteiger partial charge in [-0.05, 0) is 30.0 Å². The van der Waals surface area contributed by atoms with E-state index in [2.05, 4.69) is 41.7 Å². The van der Waals surface area contributed by atoms with Gasteiger partial charge in [0.15, 0.2) is 0 Å². The monoisotopic (exact) mass is 411 g/mol.